The van der Waals surface area contributed by atoms with Gasteiger partial charge in [-0.2, -0.15) is 8.78 Å². The summed E-state index contributed by atoms with van der Waals surface area (Å²) in [4.78, 5) is 28.4. The van der Waals surface area contributed by atoms with Crippen molar-refractivity contribution in [1.82, 2.24) is 14.9 Å². The van der Waals surface area contributed by atoms with Gasteiger partial charge in [0.1, 0.15) is 18.1 Å². The minimum atomic E-state index is -2.88. The fourth-order valence-corrected chi connectivity index (χ4v) is 2.64. The third kappa shape index (κ3) is 4.87. The molecule has 9 heteroatoms. The van der Waals surface area contributed by atoms with Crippen LogP contribution in [0.3, 0.4) is 0 Å². The molecule has 0 radical (unpaired) electrons. The quantitative estimate of drug-likeness (QED) is 0.672. The molecule has 0 unspecified atom stereocenters. The summed E-state index contributed by atoms with van der Waals surface area (Å²) < 4.78 is 42.9. The highest BCUT2D eigenvalue weighted by Crippen LogP contribution is 2.15. The van der Waals surface area contributed by atoms with Gasteiger partial charge >= 0.3 is 6.61 Å². The van der Waals surface area contributed by atoms with Crippen LogP contribution >= 0.6 is 0 Å². The summed E-state index contributed by atoms with van der Waals surface area (Å²) in [5, 5.41) is 2.76. The fraction of sp³-hybridized carbons (Fsp3) is 0.211. The van der Waals surface area contributed by atoms with Crippen molar-refractivity contribution < 1.29 is 22.7 Å². The molecule has 0 spiro atoms. The van der Waals surface area contributed by atoms with Gasteiger partial charge in [0, 0.05) is 6.54 Å². The van der Waals surface area contributed by atoms with E-state index in [1.54, 1.807) is 12.1 Å². The van der Waals surface area contributed by atoms with Crippen LogP contribution in [0.15, 0.2) is 53.6 Å². The zero-order chi connectivity index (χ0) is 20.1. The smallest absolute Gasteiger partial charge is 0.387 e. The molecule has 6 nitrogen and oxygen atoms in total. The highest BCUT2D eigenvalue weighted by atomic mass is 19.3. The number of halogens is 3. The van der Waals surface area contributed by atoms with Crippen LogP contribution in [0.2, 0.25) is 0 Å². The van der Waals surface area contributed by atoms with E-state index in [2.05, 4.69) is 15.0 Å². The van der Waals surface area contributed by atoms with Crippen LogP contribution in [0.1, 0.15) is 5.56 Å². The van der Waals surface area contributed by atoms with Crippen LogP contribution < -0.4 is 15.6 Å². The largest absolute Gasteiger partial charge is 0.435 e. The Labute approximate surface area is 157 Å². The Morgan fingerprint density at radius 1 is 1.18 bits per heavy atom. The molecule has 0 fully saturated rings. The number of ether oxygens (including phenoxy) is 1. The van der Waals surface area contributed by atoms with E-state index in [9.17, 15) is 22.8 Å². The van der Waals surface area contributed by atoms with E-state index < -0.39 is 23.9 Å². The van der Waals surface area contributed by atoms with Gasteiger partial charge in [0.05, 0.1) is 17.2 Å². The molecule has 2 aromatic carbocycles. The molecular weight excluding hydrogens is 375 g/mol. The molecule has 0 aliphatic carbocycles. The molecule has 1 N–H and O–H groups in total. The number of nitrogens with one attached hydrogen (secondary N) is 1. The van der Waals surface area contributed by atoms with Gasteiger partial charge in [0.25, 0.3) is 5.56 Å². The third-order valence-corrected chi connectivity index (χ3v) is 3.98. The summed E-state index contributed by atoms with van der Waals surface area (Å²) in [5.74, 6) is -0.904. The van der Waals surface area contributed by atoms with Gasteiger partial charge in [0.2, 0.25) is 5.91 Å². The van der Waals surface area contributed by atoms with Crippen LogP contribution in [-0.4, -0.2) is 28.6 Å². The monoisotopic (exact) mass is 391 g/mol. The number of hydrogen-bond acceptors (Lipinski definition) is 4. The minimum Gasteiger partial charge on any atom is -0.435 e. The molecule has 3 rings (SSSR count). The average Bonchev–Trinajstić information content (AvgIpc) is 2.65. The van der Waals surface area contributed by atoms with Crippen LogP contribution in [-0.2, 0) is 17.8 Å². The lowest BCUT2D eigenvalue weighted by Crippen LogP contribution is -2.33. The van der Waals surface area contributed by atoms with Gasteiger partial charge in [-0.3, -0.25) is 14.2 Å². The maximum Gasteiger partial charge on any atom is 0.387 e. The molecule has 0 bridgehead atoms. The van der Waals surface area contributed by atoms with E-state index in [0.29, 0.717) is 11.9 Å². The van der Waals surface area contributed by atoms with Crippen LogP contribution in [0.25, 0.3) is 10.9 Å². The van der Waals surface area contributed by atoms with E-state index >= 15 is 0 Å². The van der Waals surface area contributed by atoms with Gasteiger partial charge in [0.15, 0.2) is 0 Å². The number of fused-ring (bicyclic) bond motifs is 1. The Bertz CT molecular complexity index is 1040. The lowest BCUT2D eigenvalue weighted by molar-refractivity contribution is -0.121. The maximum absolute atomic E-state index is 13.3. The molecular formula is C19H16F3N3O3. The number of nitrogens with zero attached hydrogens (tertiary/aromatic N) is 2. The number of rotatable bonds is 7. The van der Waals surface area contributed by atoms with Crippen LogP contribution in [0.4, 0.5) is 13.2 Å². The minimum absolute atomic E-state index is 0.0578. The van der Waals surface area contributed by atoms with Crippen molar-refractivity contribution in [3.05, 3.63) is 70.5 Å². The van der Waals surface area contributed by atoms with Gasteiger partial charge < -0.3 is 10.1 Å². The SMILES string of the molecule is O=C(Cn1cnc2ccc(F)cc2c1=O)NCCc1ccc(OC(F)F)cc1. The Morgan fingerprint density at radius 2 is 1.93 bits per heavy atom. The predicted octanol–water partition coefficient (Wildman–Crippen LogP) is 2.50. The second kappa shape index (κ2) is 8.55. The van der Waals surface area contributed by atoms with Gasteiger partial charge in [-0.25, -0.2) is 9.37 Å². The second-order valence-electron chi connectivity index (χ2n) is 5.96. The lowest BCUT2D eigenvalue weighted by atomic mass is 10.1. The maximum atomic E-state index is 13.3. The molecule has 1 amide bonds. The van der Waals surface area contributed by atoms with Gasteiger partial charge in [-0.1, -0.05) is 12.1 Å². The fourth-order valence-electron chi connectivity index (χ4n) is 2.64. The summed E-state index contributed by atoms with van der Waals surface area (Å²) in [6.07, 6.45) is 1.71. The first kappa shape index (κ1) is 19.4. The molecule has 0 atom stereocenters. The summed E-state index contributed by atoms with van der Waals surface area (Å²) >= 11 is 0. The van der Waals surface area contributed by atoms with Crippen LogP contribution in [0, 0.1) is 5.82 Å². The van der Waals surface area contributed by atoms with E-state index in [1.165, 1.54) is 30.6 Å². The molecule has 3 aromatic rings. The molecule has 28 heavy (non-hydrogen) atoms. The van der Waals surface area contributed by atoms with Crippen molar-refractivity contribution in [2.75, 3.05) is 6.54 Å². The summed E-state index contributed by atoms with van der Waals surface area (Å²) in [6.45, 7) is -2.84. The summed E-state index contributed by atoms with van der Waals surface area (Å²) in [5.41, 5.74) is 0.665. The van der Waals surface area contributed by atoms with E-state index in [-0.39, 0.29) is 24.2 Å². The normalized spacial score (nSPS) is 11.0. The number of carbonyl (C=O) groups excluding carboxylic acids is 1. The molecule has 0 saturated heterocycles. The topological polar surface area (TPSA) is 73.2 Å². The molecule has 1 aromatic heterocycles. The molecule has 146 valence electrons. The Morgan fingerprint density at radius 3 is 2.64 bits per heavy atom. The number of hydrogen-bond donors (Lipinski definition) is 1. The highest BCUT2D eigenvalue weighted by molar-refractivity contribution is 5.79. The highest BCUT2D eigenvalue weighted by Gasteiger charge is 2.09. The average molecular weight is 391 g/mol. The van der Waals surface area contributed by atoms with Crippen molar-refractivity contribution in [3.63, 3.8) is 0 Å². The van der Waals surface area contributed by atoms with E-state index in [0.717, 1.165) is 16.2 Å². The van der Waals surface area contributed by atoms with Crippen molar-refractivity contribution in [2.45, 2.75) is 19.6 Å². The number of amides is 1. The second-order valence-corrected chi connectivity index (χ2v) is 5.96. The first-order valence-electron chi connectivity index (χ1n) is 8.37. The van der Waals surface area contributed by atoms with E-state index in [4.69, 9.17) is 0 Å². The van der Waals surface area contributed by atoms with Crippen LogP contribution in [0.5, 0.6) is 5.75 Å². The van der Waals surface area contributed by atoms with Crippen molar-refractivity contribution in [1.29, 1.82) is 0 Å². The van der Waals surface area contributed by atoms with Gasteiger partial charge in [-0.15, -0.1) is 0 Å². The Balaban J connectivity index is 1.55. The number of alkyl halides is 2. The van der Waals surface area contributed by atoms with Gasteiger partial charge in [-0.05, 0) is 42.3 Å². The number of carbonyl (C=O) groups is 1. The van der Waals surface area contributed by atoms with Crippen molar-refractivity contribution in [2.24, 2.45) is 0 Å². The lowest BCUT2D eigenvalue weighted by Gasteiger charge is -2.09. The standard InChI is InChI=1S/C19H16F3N3O3/c20-13-3-6-16-15(9-13)18(27)25(11-24-16)10-17(26)23-8-7-12-1-4-14(5-2-12)28-19(21)22/h1-6,9,11,19H,7-8,10H2,(H,23,26). The van der Waals surface area contributed by atoms with Crippen molar-refractivity contribution in [3.8, 4) is 5.75 Å². The van der Waals surface area contributed by atoms with Crippen molar-refractivity contribution >= 4 is 16.8 Å². The molecule has 0 aliphatic rings. The van der Waals surface area contributed by atoms with E-state index in [1.807, 2.05) is 0 Å². The first-order valence-corrected chi connectivity index (χ1v) is 8.37. The number of aromatic nitrogens is 2. The predicted molar refractivity (Wildman–Crippen MR) is 95.7 cm³/mol. The Kier molecular flexibility index (Phi) is 5.93. The summed E-state index contributed by atoms with van der Waals surface area (Å²) in [7, 11) is 0. The molecule has 0 aliphatic heterocycles. The molecule has 1 heterocycles. The third-order valence-electron chi connectivity index (χ3n) is 3.98. The number of benzene rings is 2. The summed E-state index contributed by atoms with van der Waals surface area (Å²) in [6, 6.07) is 9.77. The molecule has 0 saturated carbocycles. The zero-order valence-corrected chi connectivity index (χ0v) is 14.6. The zero-order valence-electron chi connectivity index (χ0n) is 14.6. The first-order chi connectivity index (χ1) is 13.4. The Hall–Kier alpha value is -3.36.